The first-order chi connectivity index (χ1) is 9.34. The first kappa shape index (κ1) is 13.4. The van der Waals surface area contributed by atoms with Crippen LogP contribution in [0.15, 0.2) is 54.6 Å². The predicted octanol–water partition coefficient (Wildman–Crippen LogP) is 3.69. The van der Waals surface area contributed by atoms with Gasteiger partial charge in [0.1, 0.15) is 5.75 Å². The largest absolute Gasteiger partial charge is 0.412 e. The van der Waals surface area contributed by atoms with Crippen LogP contribution >= 0.6 is 0 Å². The smallest absolute Gasteiger partial charge is 0.410 e. The molecule has 3 nitrogen and oxygen atoms in total. The van der Waals surface area contributed by atoms with Crippen LogP contribution in [-0.4, -0.2) is 12.6 Å². The number of amides is 1. The minimum atomic E-state index is -0.417. The van der Waals surface area contributed by atoms with Crippen LogP contribution in [-0.2, 0) is 0 Å². The summed E-state index contributed by atoms with van der Waals surface area (Å²) in [5, 5.41) is 2.70. The second-order valence-electron chi connectivity index (χ2n) is 4.56. The normalized spacial score (nSPS) is 18.4. The molecule has 0 spiro atoms. The van der Waals surface area contributed by atoms with E-state index in [4.69, 9.17) is 4.74 Å². The number of benzene rings is 1. The lowest BCUT2D eigenvalue weighted by Gasteiger charge is -2.12. The Morgan fingerprint density at radius 1 is 1.32 bits per heavy atom. The number of nitrogens with one attached hydrogen (secondary N) is 1. The van der Waals surface area contributed by atoms with Crippen LogP contribution in [0.3, 0.4) is 0 Å². The lowest BCUT2D eigenvalue weighted by Crippen LogP contribution is -2.26. The Morgan fingerprint density at radius 2 is 2.16 bits per heavy atom. The number of hydrogen-bond acceptors (Lipinski definition) is 2. The van der Waals surface area contributed by atoms with Gasteiger partial charge in [-0.2, -0.15) is 0 Å². The molecule has 100 valence electrons. The summed E-state index contributed by atoms with van der Waals surface area (Å²) in [5.74, 6) is 1.17. The number of carbonyl (C=O) groups is 1. The summed E-state index contributed by atoms with van der Waals surface area (Å²) >= 11 is 0. The fourth-order valence-electron chi connectivity index (χ4n) is 2.03. The molecule has 2 rings (SSSR count). The van der Waals surface area contributed by atoms with Gasteiger partial charge < -0.3 is 10.1 Å². The lowest BCUT2D eigenvalue weighted by molar-refractivity contribution is 0.201. The van der Waals surface area contributed by atoms with Crippen molar-refractivity contribution < 1.29 is 9.53 Å². The van der Waals surface area contributed by atoms with Gasteiger partial charge in [-0.25, -0.2) is 4.79 Å². The number of carbonyl (C=O) groups excluding carboxylic acids is 1. The van der Waals surface area contributed by atoms with Gasteiger partial charge in [0.25, 0.3) is 0 Å². The highest BCUT2D eigenvalue weighted by Crippen LogP contribution is 2.18. The number of allylic oxidation sites excluding steroid dienone is 3. The summed E-state index contributed by atoms with van der Waals surface area (Å²) in [6.45, 7) is 0.506. The third-order valence-electron chi connectivity index (χ3n) is 3.04. The molecule has 1 N–H and O–H groups in total. The number of hydrogen-bond donors (Lipinski definition) is 1. The minimum absolute atomic E-state index is 0.417. The van der Waals surface area contributed by atoms with Crippen molar-refractivity contribution in [3.8, 4) is 5.75 Å². The summed E-state index contributed by atoms with van der Waals surface area (Å²) in [6.07, 6.45) is 11.6. The second-order valence-corrected chi connectivity index (χ2v) is 4.56. The van der Waals surface area contributed by atoms with Crippen molar-refractivity contribution in [2.75, 3.05) is 6.54 Å². The van der Waals surface area contributed by atoms with E-state index in [0.717, 1.165) is 12.8 Å². The molecule has 0 fully saturated rings. The standard InChI is InChI=1S/C16H19NO2/c18-16(19-15-11-5-2-6-12-15)17-13-7-10-14-8-3-1-4-9-14/h1-3,5-7,10-12,14H,4,8-9,13H2,(H,17,18)/b10-7+. The molecule has 1 aliphatic carbocycles. The van der Waals surface area contributed by atoms with Gasteiger partial charge in [-0.3, -0.25) is 0 Å². The number of para-hydroxylation sites is 1. The van der Waals surface area contributed by atoms with Crippen molar-refractivity contribution in [3.63, 3.8) is 0 Å². The van der Waals surface area contributed by atoms with Crippen LogP contribution in [0.5, 0.6) is 5.75 Å². The SMILES string of the molecule is O=C(NC/C=C/C1CC=CCC1)Oc1ccccc1. The lowest BCUT2D eigenvalue weighted by atomic mass is 9.94. The van der Waals surface area contributed by atoms with E-state index in [1.807, 2.05) is 24.3 Å². The maximum absolute atomic E-state index is 11.5. The average Bonchev–Trinajstić information content (AvgIpc) is 2.46. The minimum Gasteiger partial charge on any atom is -0.410 e. The average molecular weight is 257 g/mol. The van der Waals surface area contributed by atoms with Crippen molar-refractivity contribution in [2.24, 2.45) is 5.92 Å². The van der Waals surface area contributed by atoms with E-state index in [0.29, 0.717) is 18.2 Å². The zero-order valence-electron chi connectivity index (χ0n) is 10.9. The second kappa shape index (κ2) is 7.41. The van der Waals surface area contributed by atoms with Crippen molar-refractivity contribution >= 4 is 6.09 Å². The highest BCUT2D eigenvalue weighted by molar-refractivity contribution is 5.70. The molecule has 1 aromatic rings. The molecule has 0 aromatic heterocycles. The Balaban J connectivity index is 1.66. The number of ether oxygens (including phenoxy) is 1. The van der Waals surface area contributed by atoms with Gasteiger partial charge >= 0.3 is 6.09 Å². The fourth-order valence-corrected chi connectivity index (χ4v) is 2.03. The molecule has 0 saturated heterocycles. The summed E-state index contributed by atoms with van der Waals surface area (Å²) in [4.78, 5) is 11.5. The van der Waals surface area contributed by atoms with Gasteiger partial charge in [0.2, 0.25) is 0 Å². The Morgan fingerprint density at radius 3 is 2.89 bits per heavy atom. The van der Waals surface area contributed by atoms with Gasteiger partial charge in [-0.15, -0.1) is 0 Å². The van der Waals surface area contributed by atoms with E-state index in [2.05, 4.69) is 23.5 Å². The quantitative estimate of drug-likeness (QED) is 0.835. The third kappa shape index (κ3) is 5.00. The Labute approximate surface area is 114 Å². The van der Waals surface area contributed by atoms with Crippen LogP contribution in [0.1, 0.15) is 19.3 Å². The van der Waals surface area contributed by atoms with Crippen LogP contribution in [0, 0.1) is 5.92 Å². The van der Waals surface area contributed by atoms with Gasteiger partial charge in [0.05, 0.1) is 0 Å². The molecule has 0 heterocycles. The molecular formula is C16H19NO2. The summed E-state index contributed by atoms with van der Waals surface area (Å²) < 4.78 is 5.11. The highest BCUT2D eigenvalue weighted by Gasteiger charge is 2.05. The Kier molecular flexibility index (Phi) is 5.23. The molecule has 0 bridgehead atoms. The van der Waals surface area contributed by atoms with E-state index in [9.17, 15) is 4.79 Å². The molecular weight excluding hydrogens is 238 g/mol. The Hall–Kier alpha value is -2.03. The highest BCUT2D eigenvalue weighted by atomic mass is 16.5. The van der Waals surface area contributed by atoms with Gasteiger partial charge in [0.15, 0.2) is 0 Å². The first-order valence-corrected chi connectivity index (χ1v) is 6.67. The van der Waals surface area contributed by atoms with Gasteiger partial charge in [-0.1, -0.05) is 42.5 Å². The van der Waals surface area contributed by atoms with E-state index >= 15 is 0 Å². The Bertz CT molecular complexity index is 451. The van der Waals surface area contributed by atoms with Gasteiger partial charge in [-0.05, 0) is 37.3 Å². The summed E-state index contributed by atoms with van der Waals surface area (Å²) in [7, 11) is 0. The maximum atomic E-state index is 11.5. The zero-order chi connectivity index (χ0) is 13.3. The van der Waals surface area contributed by atoms with Crippen LogP contribution < -0.4 is 10.1 Å². The molecule has 1 unspecified atom stereocenters. The van der Waals surface area contributed by atoms with Crippen molar-refractivity contribution in [1.29, 1.82) is 0 Å². The predicted molar refractivity (Wildman–Crippen MR) is 76.1 cm³/mol. The topological polar surface area (TPSA) is 38.3 Å². The van der Waals surface area contributed by atoms with E-state index in [1.165, 1.54) is 6.42 Å². The third-order valence-corrected chi connectivity index (χ3v) is 3.04. The zero-order valence-corrected chi connectivity index (χ0v) is 10.9. The molecule has 1 amide bonds. The van der Waals surface area contributed by atoms with E-state index < -0.39 is 6.09 Å². The first-order valence-electron chi connectivity index (χ1n) is 6.67. The van der Waals surface area contributed by atoms with Crippen LogP contribution in [0.2, 0.25) is 0 Å². The molecule has 1 aromatic carbocycles. The van der Waals surface area contributed by atoms with Gasteiger partial charge in [0, 0.05) is 6.54 Å². The van der Waals surface area contributed by atoms with E-state index in [1.54, 1.807) is 12.1 Å². The monoisotopic (exact) mass is 257 g/mol. The summed E-state index contributed by atoms with van der Waals surface area (Å²) in [5.41, 5.74) is 0. The molecule has 0 saturated carbocycles. The molecule has 19 heavy (non-hydrogen) atoms. The van der Waals surface area contributed by atoms with Crippen LogP contribution in [0.4, 0.5) is 4.79 Å². The van der Waals surface area contributed by atoms with Crippen molar-refractivity contribution in [3.05, 3.63) is 54.6 Å². The molecule has 3 heteroatoms. The molecule has 0 aliphatic heterocycles. The molecule has 0 radical (unpaired) electrons. The van der Waals surface area contributed by atoms with Crippen molar-refractivity contribution in [1.82, 2.24) is 5.32 Å². The van der Waals surface area contributed by atoms with Crippen LogP contribution in [0.25, 0.3) is 0 Å². The molecule has 1 aliphatic rings. The summed E-state index contributed by atoms with van der Waals surface area (Å²) in [6, 6.07) is 9.05. The van der Waals surface area contributed by atoms with Crippen molar-refractivity contribution in [2.45, 2.75) is 19.3 Å². The molecule has 1 atom stereocenters. The van der Waals surface area contributed by atoms with E-state index in [-0.39, 0.29) is 0 Å². The fraction of sp³-hybridized carbons (Fsp3) is 0.312. The maximum Gasteiger partial charge on any atom is 0.412 e. The number of rotatable bonds is 4.